The summed E-state index contributed by atoms with van der Waals surface area (Å²) < 4.78 is 28.5. The zero-order valence-electron chi connectivity index (χ0n) is 25.4. The third kappa shape index (κ3) is 6.72. The van der Waals surface area contributed by atoms with Gasteiger partial charge in [0.1, 0.15) is 11.5 Å². The SMILES string of the molecule is COc1cc2c3cc1OCC(=O)NCCCOc1cccc(c1)C2N(C(=O)CCCc1nc(-c2ccccc2OC)no1)CC3. The molecule has 0 aliphatic carbocycles. The molecule has 7 rings (SSSR count). The van der Waals surface area contributed by atoms with E-state index in [1.54, 1.807) is 14.2 Å². The molecule has 3 aliphatic rings. The first-order valence-electron chi connectivity index (χ1n) is 15.1. The van der Waals surface area contributed by atoms with E-state index >= 15 is 0 Å². The van der Waals surface area contributed by atoms with Gasteiger partial charge in [0, 0.05) is 25.9 Å². The summed E-state index contributed by atoms with van der Waals surface area (Å²) in [5.41, 5.74) is 3.67. The lowest BCUT2D eigenvalue weighted by molar-refractivity contribution is -0.133. The maximum absolute atomic E-state index is 13.9. The van der Waals surface area contributed by atoms with Gasteiger partial charge in [0.15, 0.2) is 18.1 Å². The van der Waals surface area contributed by atoms with E-state index in [9.17, 15) is 9.59 Å². The maximum Gasteiger partial charge on any atom is 0.257 e. The number of amides is 2. The molecule has 11 nitrogen and oxygen atoms in total. The number of nitrogens with one attached hydrogen (secondary N) is 1. The molecule has 0 spiro atoms. The van der Waals surface area contributed by atoms with Crippen molar-refractivity contribution in [2.24, 2.45) is 0 Å². The number of methoxy groups -OCH3 is 2. The number of para-hydroxylation sites is 1. The van der Waals surface area contributed by atoms with Gasteiger partial charge in [-0.1, -0.05) is 29.4 Å². The summed E-state index contributed by atoms with van der Waals surface area (Å²) in [7, 11) is 3.17. The van der Waals surface area contributed by atoms with E-state index in [4.69, 9.17) is 23.5 Å². The van der Waals surface area contributed by atoms with Gasteiger partial charge in [-0.05, 0) is 72.4 Å². The number of carbonyl (C=O) groups excluding carboxylic acids is 2. The van der Waals surface area contributed by atoms with Crippen LogP contribution in [0.1, 0.15) is 47.9 Å². The summed E-state index contributed by atoms with van der Waals surface area (Å²) in [5, 5.41) is 6.98. The van der Waals surface area contributed by atoms with Crippen molar-refractivity contribution in [3.63, 3.8) is 0 Å². The second-order valence-corrected chi connectivity index (χ2v) is 10.9. The van der Waals surface area contributed by atoms with Gasteiger partial charge >= 0.3 is 0 Å². The number of hydrogen-bond donors (Lipinski definition) is 1. The highest BCUT2D eigenvalue weighted by Gasteiger charge is 2.33. The lowest BCUT2D eigenvalue weighted by atomic mass is 9.87. The van der Waals surface area contributed by atoms with Crippen molar-refractivity contribution in [2.45, 2.75) is 38.1 Å². The topological polar surface area (TPSA) is 125 Å². The molecule has 1 N–H and O–H groups in total. The number of aromatic nitrogens is 2. The molecule has 234 valence electrons. The fourth-order valence-electron chi connectivity index (χ4n) is 5.82. The molecule has 0 saturated carbocycles. The molecule has 4 aromatic rings. The zero-order valence-corrected chi connectivity index (χ0v) is 25.4. The largest absolute Gasteiger partial charge is 0.496 e. The molecule has 3 aromatic carbocycles. The van der Waals surface area contributed by atoms with Crippen molar-refractivity contribution in [1.82, 2.24) is 20.4 Å². The van der Waals surface area contributed by atoms with Gasteiger partial charge in [0.2, 0.25) is 17.6 Å². The highest BCUT2D eigenvalue weighted by atomic mass is 16.5. The minimum Gasteiger partial charge on any atom is -0.496 e. The van der Waals surface area contributed by atoms with Crippen LogP contribution in [0.3, 0.4) is 0 Å². The van der Waals surface area contributed by atoms with Crippen molar-refractivity contribution in [3.05, 3.63) is 83.2 Å². The van der Waals surface area contributed by atoms with Crippen LogP contribution in [0, 0.1) is 0 Å². The summed E-state index contributed by atoms with van der Waals surface area (Å²) in [6.07, 6.45) is 2.60. The zero-order chi connectivity index (χ0) is 31.2. The molecule has 1 unspecified atom stereocenters. The van der Waals surface area contributed by atoms with Crippen LogP contribution in [0.4, 0.5) is 0 Å². The fourth-order valence-corrected chi connectivity index (χ4v) is 5.82. The molecule has 11 heteroatoms. The van der Waals surface area contributed by atoms with E-state index in [0.29, 0.717) is 86.5 Å². The van der Waals surface area contributed by atoms with Gasteiger partial charge in [-0.25, -0.2) is 0 Å². The summed E-state index contributed by atoms with van der Waals surface area (Å²) in [4.78, 5) is 32.7. The Balaban J connectivity index is 1.24. The highest BCUT2D eigenvalue weighted by Crippen LogP contribution is 2.42. The molecule has 45 heavy (non-hydrogen) atoms. The van der Waals surface area contributed by atoms with E-state index in [2.05, 4.69) is 15.5 Å². The Bertz CT molecular complexity index is 1670. The highest BCUT2D eigenvalue weighted by molar-refractivity contribution is 5.78. The summed E-state index contributed by atoms with van der Waals surface area (Å²) in [6, 6.07) is 18.8. The Kier molecular flexibility index (Phi) is 9.14. The number of aryl methyl sites for hydroxylation is 1. The molecule has 2 amide bonds. The Morgan fingerprint density at radius 1 is 1.04 bits per heavy atom. The van der Waals surface area contributed by atoms with Crippen molar-refractivity contribution >= 4 is 11.8 Å². The van der Waals surface area contributed by atoms with Crippen LogP contribution in [0.5, 0.6) is 23.0 Å². The maximum atomic E-state index is 13.9. The van der Waals surface area contributed by atoms with Crippen molar-refractivity contribution < 1.29 is 33.1 Å². The smallest absolute Gasteiger partial charge is 0.257 e. The van der Waals surface area contributed by atoms with Crippen molar-refractivity contribution in [1.29, 1.82) is 0 Å². The van der Waals surface area contributed by atoms with Crippen LogP contribution in [-0.4, -0.2) is 67.4 Å². The molecule has 4 heterocycles. The number of fused-ring (bicyclic) bond motifs is 8. The van der Waals surface area contributed by atoms with Gasteiger partial charge in [-0.2, -0.15) is 4.98 Å². The quantitative estimate of drug-likeness (QED) is 0.321. The molecule has 0 saturated heterocycles. The Morgan fingerprint density at radius 3 is 2.78 bits per heavy atom. The lowest BCUT2D eigenvalue weighted by Gasteiger charge is -2.38. The summed E-state index contributed by atoms with van der Waals surface area (Å²) in [6.45, 7) is 1.31. The number of benzene rings is 3. The first kappa shape index (κ1) is 30.0. The Labute approximate surface area is 261 Å². The first-order valence-corrected chi connectivity index (χ1v) is 15.1. The molecule has 0 fully saturated rings. The van der Waals surface area contributed by atoms with Crippen LogP contribution in [0.15, 0.2) is 65.2 Å². The van der Waals surface area contributed by atoms with E-state index in [-0.39, 0.29) is 24.5 Å². The number of ether oxygens (including phenoxy) is 4. The molecular weight excluding hydrogens is 576 g/mol. The third-order valence-corrected chi connectivity index (χ3v) is 8.02. The van der Waals surface area contributed by atoms with Crippen LogP contribution < -0.4 is 24.3 Å². The van der Waals surface area contributed by atoms with Crippen LogP contribution >= 0.6 is 0 Å². The van der Waals surface area contributed by atoms with Crippen molar-refractivity contribution in [2.75, 3.05) is 40.5 Å². The third-order valence-electron chi connectivity index (χ3n) is 8.02. The van der Waals surface area contributed by atoms with E-state index < -0.39 is 0 Å². The van der Waals surface area contributed by atoms with E-state index in [1.807, 2.05) is 65.6 Å². The van der Waals surface area contributed by atoms with Crippen LogP contribution in [0.25, 0.3) is 11.4 Å². The molecular formula is C34H36N4O7. The number of rotatable bonds is 7. The van der Waals surface area contributed by atoms with Crippen LogP contribution in [0.2, 0.25) is 0 Å². The Morgan fingerprint density at radius 2 is 1.91 bits per heavy atom. The first-order chi connectivity index (χ1) is 22.0. The van der Waals surface area contributed by atoms with Gasteiger partial charge in [-0.3, -0.25) is 9.59 Å². The second kappa shape index (κ2) is 13.7. The molecule has 0 radical (unpaired) electrons. The number of nitrogens with zero attached hydrogens (tertiary/aromatic N) is 3. The summed E-state index contributed by atoms with van der Waals surface area (Å²) >= 11 is 0. The van der Waals surface area contributed by atoms with Gasteiger partial charge in [-0.15, -0.1) is 0 Å². The van der Waals surface area contributed by atoms with Crippen LogP contribution in [-0.2, 0) is 22.4 Å². The van der Waals surface area contributed by atoms with Gasteiger partial charge < -0.3 is 33.7 Å². The van der Waals surface area contributed by atoms with E-state index in [0.717, 1.165) is 22.3 Å². The summed E-state index contributed by atoms with van der Waals surface area (Å²) in [5.74, 6) is 3.10. The molecule has 1 aromatic heterocycles. The predicted octanol–water partition coefficient (Wildman–Crippen LogP) is 4.53. The number of carbonyl (C=O) groups is 2. The average Bonchev–Trinajstić information content (AvgIpc) is 3.54. The minimum absolute atomic E-state index is 0.0202. The monoisotopic (exact) mass is 612 g/mol. The normalized spacial score (nSPS) is 16.4. The number of hydrogen-bond acceptors (Lipinski definition) is 9. The fraction of sp³-hybridized carbons (Fsp3) is 0.353. The van der Waals surface area contributed by atoms with Gasteiger partial charge in [0.25, 0.3) is 5.91 Å². The molecule has 6 bridgehead atoms. The van der Waals surface area contributed by atoms with Crippen molar-refractivity contribution in [3.8, 4) is 34.4 Å². The van der Waals surface area contributed by atoms with E-state index in [1.165, 1.54) is 0 Å². The Hall–Kier alpha value is -5.06. The predicted molar refractivity (Wildman–Crippen MR) is 165 cm³/mol. The average molecular weight is 613 g/mol. The molecule has 1 atom stereocenters. The van der Waals surface area contributed by atoms with Gasteiger partial charge in [0.05, 0.1) is 32.4 Å². The molecule has 3 aliphatic heterocycles. The minimum atomic E-state index is -0.357. The lowest BCUT2D eigenvalue weighted by Crippen LogP contribution is -2.40. The second-order valence-electron chi connectivity index (χ2n) is 10.9. The standard InChI is InChI=1S/C34H36N4O7/c1-41-27-11-4-3-10-25(27)34-36-31(45-37-34)12-6-13-32(40)38-16-14-22-19-29-28(42-2)20-26(22)33(38)23-8-5-9-24(18-23)43-17-7-15-35-30(39)21-44-29/h3-5,8-11,18-20,33H,6-7,12-17,21H2,1-2H3,(H,35,39).